The maximum Gasteiger partial charge on any atom is 0.326 e. The molecule has 0 radical (unpaired) electrons. The number of carboxylic acids is 1. The number of carbonyl (C=O) groups is 2. The number of anilines is 1. The quantitative estimate of drug-likeness (QED) is 0.706. The zero-order chi connectivity index (χ0) is 14.4. The van der Waals surface area contributed by atoms with E-state index < -0.39 is 12.0 Å². The molecule has 6 nitrogen and oxygen atoms in total. The molecule has 0 spiro atoms. The van der Waals surface area contributed by atoms with Gasteiger partial charge in [-0.15, -0.1) is 0 Å². The van der Waals surface area contributed by atoms with Crippen LogP contribution >= 0.6 is 0 Å². The van der Waals surface area contributed by atoms with Crippen LogP contribution in [0, 0.1) is 5.92 Å². The molecule has 1 aromatic heterocycles. The van der Waals surface area contributed by atoms with Gasteiger partial charge in [0.05, 0.1) is 18.3 Å². The average Bonchev–Trinajstić information content (AvgIpc) is 2.37. The SMILES string of the molecule is CC[C@H](C)[C@H](NC(=O)Cc1ccc(N)cn1)C(=O)O. The Bertz CT molecular complexity index is 445. The van der Waals surface area contributed by atoms with Gasteiger partial charge in [-0.1, -0.05) is 20.3 Å². The molecule has 0 aliphatic heterocycles. The van der Waals surface area contributed by atoms with Crippen molar-refractivity contribution in [3.05, 3.63) is 24.0 Å². The topological polar surface area (TPSA) is 105 Å². The van der Waals surface area contributed by atoms with Gasteiger partial charge in [-0.05, 0) is 18.1 Å². The highest BCUT2D eigenvalue weighted by Crippen LogP contribution is 2.08. The lowest BCUT2D eigenvalue weighted by Gasteiger charge is -2.20. The zero-order valence-electron chi connectivity index (χ0n) is 11.1. The summed E-state index contributed by atoms with van der Waals surface area (Å²) in [6.07, 6.45) is 2.18. The maximum absolute atomic E-state index is 11.8. The number of aliphatic carboxylic acids is 1. The first-order valence-electron chi connectivity index (χ1n) is 6.16. The minimum absolute atomic E-state index is 0.0422. The number of aromatic nitrogens is 1. The molecular weight excluding hydrogens is 246 g/mol. The number of nitrogens with one attached hydrogen (secondary N) is 1. The fraction of sp³-hybridized carbons (Fsp3) is 0.462. The number of amides is 1. The zero-order valence-corrected chi connectivity index (χ0v) is 11.1. The van der Waals surface area contributed by atoms with Crippen LogP contribution in [-0.4, -0.2) is 28.0 Å². The van der Waals surface area contributed by atoms with Crippen LogP contribution in [-0.2, 0) is 16.0 Å². The maximum atomic E-state index is 11.8. The number of nitrogens with two attached hydrogens (primary N) is 1. The minimum atomic E-state index is -1.02. The molecule has 1 heterocycles. The summed E-state index contributed by atoms with van der Waals surface area (Å²) < 4.78 is 0. The first kappa shape index (κ1) is 14.9. The number of carboxylic acid groups (broad SMARTS) is 1. The molecule has 2 atom stereocenters. The molecule has 104 valence electrons. The van der Waals surface area contributed by atoms with Gasteiger partial charge in [0.2, 0.25) is 5.91 Å². The molecule has 0 bridgehead atoms. The van der Waals surface area contributed by atoms with E-state index in [2.05, 4.69) is 10.3 Å². The molecule has 0 saturated carbocycles. The summed E-state index contributed by atoms with van der Waals surface area (Å²) in [5.74, 6) is -1.50. The summed E-state index contributed by atoms with van der Waals surface area (Å²) in [7, 11) is 0. The number of nitrogens with zero attached hydrogens (tertiary/aromatic N) is 1. The number of carbonyl (C=O) groups excluding carboxylic acids is 1. The van der Waals surface area contributed by atoms with Gasteiger partial charge in [-0.25, -0.2) is 4.79 Å². The number of rotatable bonds is 6. The molecule has 0 fully saturated rings. The molecule has 4 N–H and O–H groups in total. The van der Waals surface area contributed by atoms with Crippen molar-refractivity contribution in [3.8, 4) is 0 Å². The van der Waals surface area contributed by atoms with Crippen LogP contribution in [0.4, 0.5) is 5.69 Å². The van der Waals surface area contributed by atoms with E-state index in [4.69, 9.17) is 10.8 Å². The lowest BCUT2D eigenvalue weighted by atomic mass is 9.99. The Morgan fingerprint density at radius 3 is 2.63 bits per heavy atom. The van der Waals surface area contributed by atoms with Gasteiger partial charge in [0.1, 0.15) is 6.04 Å². The third-order valence-electron chi connectivity index (χ3n) is 2.98. The third kappa shape index (κ3) is 4.57. The van der Waals surface area contributed by atoms with Crippen LogP contribution in [0.5, 0.6) is 0 Å². The minimum Gasteiger partial charge on any atom is -0.480 e. The van der Waals surface area contributed by atoms with E-state index in [0.717, 1.165) is 0 Å². The van der Waals surface area contributed by atoms with E-state index in [1.54, 1.807) is 19.1 Å². The Labute approximate surface area is 112 Å². The van der Waals surface area contributed by atoms with Gasteiger partial charge >= 0.3 is 5.97 Å². The molecular formula is C13H19N3O3. The van der Waals surface area contributed by atoms with Crippen molar-refractivity contribution in [1.82, 2.24) is 10.3 Å². The molecule has 19 heavy (non-hydrogen) atoms. The highest BCUT2D eigenvalue weighted by atomic mass is 16.4. The molecule has 0 aromatic carbocycles. The second kappa shape index (κ2) is 6.72. The summed E-state index contributed by atoms with van der Waals surface area (Å²) >= 11 is 0. The van der Waals surface area contributed by atoms with Gasteiger partial charge in [0.15, 0.2) is 0 Å². The van der Waals surface area contributed by atoms with Crippen molar-refractivity contribution in [2.24, 2.45) is 5.92 Å². The van der Waals surface area contributed by atoms with Crippen molar-refractivity contribution in [3.63, 3.8) is 0 Å². The summed E-state index contributed by atoms with van der Waals surface area (Å²) in [6.45, 7) is 3.68. The molecule has 1 amide bonds. The molecule has 1 aromatic rings. The van der Waals surface area contributed by atoms with Crippen molar-refractivity contribution >= 4 is 17.6 Å². The van der Waals surface area contributed by atoms with Crippen LogP contribution in [0.3, 0.4) is 0 Å². The van der Waals surface area contributed by atoms with Gasteiger partial charge < -0.3 is 16.2 Å². The second-order valence-electron chi connectivity index (χ2n) is 4.53. The van der Waals surface area contributed by atoms with Gasteiger partial charge in [0, 0.05) is 5.69 Å². The first-order chi connectivity index (χ1) is 8.93. The molecule has 0 unspecified atom stereocenters. The van der Waals surface area contributed by atoms with E-state index in [1.807, 2.05) is 6.92 Å². The van der Waals surface area contributed by atoms with E-state index in [1.165, 1.54) is 6.20 Å². The summed E-state index contributed by atoms with van der Waals surface area (Å²) in [5.41, 5.74) is 6.57. The summed E-state index contributed by atoms with van der Waals surface area (Å²) in [5, 5.41) is 11.6. The van der Waals surface area contributed by atoms with Crippen molar-refractivity contribution < 1.29 is 14.7 Å². The molecule has 6 heteroatoms. The average molecular weight is 265 g/mol. The second-order valence-corrected chi connectivity index (χ2v) is 4.53. The van der Waals surface area contributed by atoms with Crippen molar-refractivity contribution in [1.29, 1.82) is 0 Å². The highest BCUT2D eigenvalue weighted by molar-refractivity contribution is 5.84. The highest BCUT2D eigenvalue weighted by Gasteiger charge is 2.25. The smallest absolute Gasteiger partial charge is 0.326 e. The standard InChI is InChI=1S/C13H19N3O3/c1-3-8(2)12(13(18)19)16-11(17)6-10-5-4-9(14)7-15-10/h4-5,7-8,12H,3,6,14H2,1-2H3,(H,16,17)(H,18,19)/t8-,12-/m0/s1. The molecule has 0 aliphatic rings. The van der Waals surface area contributed by atoms with Gasteiger partial charge in [-0.2, -0.15) is 0 Å². The first-order valence-corrected chi connectivity index (χ1v) is 6.16. The number of hydrogen-bond acceptors (Lipinski definition) is 4. The Balaban J connectivity index is 2.62. The van der Waals surface area contributed by atoms with Crippen molar-refractivity contribution in [2.75, 3.05) is 5.73 Å². The van der Waals surface area contributed by atoms with Crippen molar-refractivity contribution in [2.45, 2.75) is 32.7 Å². The van der Waals surface area contributed by atoms with Gasteiger partial charge in [-0.3, -0.25) is 9.78 Å². The van der Waals surface area contributed by atoms with Crippen LogP contribution in [0.15, 0.2) is 18.3 Å². The van der Waals surface area contributed by atoms with E-state index >= 15 is 0 Å². The molecule has 0 aliphatic carbocycles. The number of hydrogen-bond donors (Lipinski definition) is 3. The van der Waals surface area contributed by atoms with E-state index in [9.17, 15) is 9.59 Å². The Morgan fingerprint density at radius 1 is 1.47 bits per heavy atom. The van der Waals surface area contributed by atoms with Crippen LogP contribution < -0.4 is 11.1 Å². The predicted octanol–water partition coefficient (Wildman–Crippen LogP) is 0.822. The van der Waals surface area contributed by atoms with Crippen LogP contribution in [0.1, 0.15) is 26.0 Å². The fourth-order valence-corrected chi connectivity index (χ4v) is 1.61. The molecule has 0 saturated heterocycles. The van der Waals surface area contributed by atoms with Crippen LogP contribution in [0.2, 0.25) is 0 Å². The lowest BCUT2D eigenvalue weighted by Crippen LogP contribution is -2.45. The predicted molar refractivity (Wildman–Crippen MR) is 71.4 cm³/mol. The summed E-state index contributed by atoms with van der Waals surface area (Å²) in [4.78, 5) is 26.9. The Kier molecular flexibility index (Phi) is 5.29. The number of pyridine rings is 1. The Hall–Kier alpha value is -2.11. The largest absolute Gasteiger partial charge is 0.480 e. The lowest BCUT2D eigenvalue weighted by molar-refractivity contribution is -0.143. The third-order valence-corrected chi connectivity index (χ3v) is 2.98. The molecule has 1 rings (SSSR count). The van der Waals surface area contributed by atoms with E-state index in [-0.39, 0.29) is 18.2 Å². The van der Waals surface area contributed by atoms with Crippen LogP contribution in [0.25, 0.3) is 0 Å². The summed E-state index contributed by atoms with van der Waals surface area (Å²) in [6, 6.07) is 2.43. The Morgan fingerprint density at radius 2 is 2.16 bits per heavy atom. The number of nitrogen functional groups attached to an aromatic ring is 1. The monoisotopic (exact) mass is 265 g/mol. The normalized spacial score (nSPS) is 13.6. The van der Waals surface area contributed by atoms with Gasteiger partial charge in [0.25, 0.3) is 0 Å². The fourth-order valence-electron chi connectivity index (χ4n) is 1.61. The van der Waals surface area contributed by atoms with E-state index in [0.29, 0.717) is 17.8 Å².